The van der Waals surface area contributed by atoms with E-state index in [2.05, 4.69) is 40.3 Å². The Labute approximate surface area is 102 Å². The summed E-state index contributed by atoms with van der Waals surface area (Å²) in [4.78, 5) is 5.85. The summed E-state index contributed by atoms with van der Waals surface area (Å²) >= 11 is 0. The molecule has 3 N–H and O–H groups in total. The topological polar surface area (TPSA) is 45.1 Å². The molecular formula is C14H19N3. The molecule has 0 bridgehead atoms. The molecule has 0 spiro atoms. The first kappa shape index (κ1) is 10.8. The third kappa shape index (κ3) is 1.85. The van der Waals surface area contributed by atoms with E-state index in [-0.39, 0.29) is 0 Å². The zero-order chi connectivity index (χ0) is 11.7. The third-order valence-corrected chi connectivity index (χ3v) is 3.78. The van der Waals surface area contributed by atoms with Crippen LogP contribution >= 0.6 is 0 Å². The summed E-state index contributed by atoms with van der Waals surface area (Å²) in [5.74, 6) is 0. The number of nitrogens with zero attached hydrogens (tertiary/aromatic N) is 1. The summed E-state index contributed by atoms with van der Waals surface area (Å²) < 4.78 is 0. The highest BCUT2D eigenvalue weighted by atomic mass is 15.2. The second-order valence-corrected chi connectivity index (χ2v) is 4.78. The maximum Gasteiger partial charge on any atom is 0.0491 e. The van der Waals surface area contributed by atoms with E-state index in [1.165, 1.54) is 42.4 Å². The van der Waals surface area contributed by atoms with Crippen molar-refractivity contribution >= 4 is 10.9 Å². The van der Waals surface area contributed by atoms with Crippen molar-refractivity contribution in [2.75, 3.05) is 19.6 Å². The molecule has 0 amide bonds. The second kappa shape index (κ2) is 4.51. The fourth-order valence-electron chi connectivity index (χ4n) is 2.90. The fourth-order valence-corrected chi connectivity index (χ4v) is 2.90. The van der Waals surface area contributed by atoms with Gasteiger partial charge in [0.15, 0.2) is 0 Å². The van der Waals surface area contributed by atoms with Crippen LogP contribution in [0.2, 0.25) is 0 Å². The zero-order valence-corrected chi connectivity index (χ0v) is 10.0. The lowest BCUT2D eigenvalue weighted by atomic mass is 10.0. The number of nitrogens with one attached hydrogen (secondary N) is 1. The molecule has 17 heavy (non-hydrogen) atoms. The highest BCUT2D eigenvalue weighted by Gasteiger charge is 2.24. The van der Waals surface area contributed by atoms with Crippen molar-refractivity contribution in [1.29, 1.82) is 0 Å². The number of hydrogen-bond acceptors (Lipinski definition) is 2. The van der Waals surface area contributed by atoms with Crippen molar-refractivity contribution in [2.24, 2.45) is 5.73 Å². The van der Waals surface area contributed by atoms with Gasteiger partial charge in [-0.2, -0.15) is 0 Å². The lowest BCUT2D eigenvalue weighted by molar-refractivity contribution is 0.253. The van der Waals surface area contributed by atoms with Gasteiger partial charge in [0.1, 0.15) is 0 Å². The summed E-state index contributed by atoms with van der Waals surface area (Å²) in [6, 6.07) is 8.83. The molecule has 0 radical (unpaired) electrons. The van der Waals surface area contributed by atoms with Gasteiger partial charge in [-0.3, -0.25) is 4.90 Å². The van der Waals surface area contributed by atoms with E-state index in [1.807, 2.05) is 0 Å². The van der Waals surface area contributed by atoms with Gasteiger partial charge in [-0.1, -0.05) is 18.2 Å². The Morgan fingerprint density at radius 3 is 2.76 bits per heavy atom. The van der Waals surface area contributed by atoms with Crippen LogP contribution < -0.4 is 5.73 Å². The molecule has 1 atom stereocenters. The van der Waals surface area contributed by atoms with E-state index < -0.39 is 0 Å². The molecule has 2 heterocycles. The van der Waals surface area contributed by atoms with Gasteiger partial charge >= 0.3 is 0 Å². The molecule has 0 saturated carbocycles. The summed E-state index contributed by atoms with van der Waals surface area (Å²) in [5, 5.41) is 1.31. The highest BCUT2D eigenvalue weighted by Crippen LogP contribution is 2.29. The average molecular weight is 229 g/mol. The Hall–Kier alpha value is -1.32. The van der Waals surface area contributed by atoms with Crippen LogP contribution in [-0.4, -0.2) is 29.5 Å². The summed E-state index contributed by atoms with van der Waals surface area (Å²) in [5.41, 5.74) is 8.54. The molecule has 1 unspecified atom stereocenters. The summed E-state index contributed by atoms with van der Waals surface area (Å²) in [6.45, 7) is 3.06. The standard InChI is InChI=1S/C14H19N3/c15-9-14(17-7-3-4-8-17)12-10-16-13-6-2-1-5-11(12)13/h1-2,5-6,10,14,16H,3-4,7-9,15H2. The number of benzene rings is 1. The van der Waals surface area contributed by atoms with Crippen LogP contribution in [0.5, 0.6) is 0 Å². The fraction of sp³-hybridized carbons (Fsp3) is 0.429. The first-order valence-corrected chi connectivity index (χ1v) is 6.40. The Bertz CT molecular complexity index is 497. The number of rotatable bonds is 3. The SMILES string of the molecule is NCC(c1c[nH]c2ccccc12)N1CCCC1. The van der Waals surface area contributed by atoms with Crippen LogP contribution in [0.1, 0.15) is 24.4 Å². The van der Waals surface area contributed by atoms with Gasteiger partial charge in [-0.05, 0) is 37.6 Å². The van der Waals surface area contributed by atoms with Crippen molar-refractivity contribution in [1.82, 2.24) is 9.88 Å². The molecule has 90 valence electrons. The van der Waals surface area contributed by atoms with E-state index in [1.54, 1.807) is 0 Å². The Kier molecular flexibility index (Phi) is 2.87. The van der Waals surface area contributed by atoms with Gasteiger partial charge in [-0.15, -0.1) is 0 Å². The molecule has 1 aliphatic rings. The van der Waals surface area contributed by atoms with Crippen LogP contribution in [0.15, 0.2) is 30.5 Å². The van der Waals surface area contributed by atoms with Crippen LogP contribution in [0.3, 0.4) is 0 Å². The van der Waals surface area contributed by atoms with Gasteiger partial charge in [0.2, 0.25) is 0 Å². The number of aromatic nitrogens is 1. The first-order chi connectivity index (χ1) is 8.40. The zero-order valence-electron chi connectivity index (χ0n) is 10.0. The number of likely N-dealkylation sites (tertiary alicyclic amines) is 1. The molecular weight excluding hydrogens is 210 g/mol. The number of fused-ring (bicyclic) bond motifs is 1. The molecule has 3 rings (SSSR count). The van der Waals surface area contributed by atoms with Crippen LogP contribution in [-0.2, 0) is 0 Å². The minimum absolute atomic E-state index is 0.369. The third-order valence-electron chi connectivity index (χ3n) is 3.78. The Morgan fingerprint density at radius 2 is 2.00 bits per heavy atom. The molecule has 1 saturated heterocycles. The van der Waals surface area contributed by atoms with E-state index in [4.69, 9.17) is 5.73 Å². The largest absolute Gasteiger partial charge is 0.361 e. The predicted octanol–water partition coefficient (Wildman–Crippen LogP) is 2.26. The van der Waals surface area contributed by atoms with Crippen LogP contribution in [0.4, 0.5) is 0 Å². The molecule has 3 heteroatoms. The minimum atomic E-state index is 0.369. The second-order valence-electron chi connectivity index (χ2n) is 4.78. The van der Waals surface area contributed by atoms with Gasteiger partial charge in [0.25, 0.3) is 0 Å². The quantitative estimate of drug-likeness (QED) is 0.848. The van der Waals surface area contributed by atoms with Crippen molar-refractivity contribution in [3.05, 3.63) is 36.0 Å². The van der Waals surface area contributed by atoms with Gasteiger partial charge in [0, 0.05) is 29.7 Å². The minimum Gasteiger partial charge on any atom is -0.361 e. The van der Waals surface area contributed by atoms with E-state index in [0.717, 1.165) is 0 Å². The Morgan fingerprint density at radius 1 is 1.24 bits per heavy atom. The monoisotopic (exact) mass is 229 g/mol. The predicted molar refractivity (Wildman–Crippen MR) is 70.9 cm³/mol. The normalized spacial score (nSPS) is 18.9. The molecule has 1 aliphatic heterocycles. The Balaban J connectivity index is 2.00. The van der Waals surface area contributed by atoms with Crippen molar-refractivity contribution in [3.8, 4) is 0 Å². The molecule has 0 aliphatic carbocycles. The van der Waals surface area contributed by atoms with Gasteiger partial charge < -0.3 is 10.7 Å². The summed E-state index contributed by atoms with van der Waals surface area (Å²) in [7, 11) is 0. The summed E-state index contributed by atoms with van der Waals surface area (Å²) in [6.07, 6.45) is 4.73. The lowest BCUT2D eigenvalue weighted by Crippen LogP contribution is -2.31. The molecule has 1 aromatic heterocycles. The average Bonchev–Trinajstić information content (AvgIpc) is 3.01. The number of para-hydroxylation sites is 1. The van der Waals surface area contributed by atoms with Crippen molar-refractivity contribution in [3.63, 3.8) is 0 Å². The maximum atomic E-state index is 5.98. The van der Waals surface area contributed by atoms with Crippen LogP contribution in [0.25, 0.3) is 10.9 Å². The first-order valence-electron chi connectivity index (χ1n) is 6.40. The van der Waals surface area contributed by atoms with E-state index in [9.17, 15) is 0 Å². The molecule has 3 nitrogen and oxygen atoms in total. The molecule has 2 aromatic rings. The van der Waals surface area contributed by atoms with E-state index >= 15 is 0 Å². The lowest BCUT2D eigenvalue weighted by Gasteiger charge is -2.25. The number of hydrogen-bond donors (Lipinski definition) is 2. The molecule has 1 fully saturated rings. The molecule has 1 aromatic carbocycles. The number of aromatic amines is 1. The van der Waals surface area contributed by atoms with Gasteiger partial charge in [0.05, 0.1) is 0 Å². The maximum absolute atomic E-state index is 5.98. The van der Waals surface area contributed by atoms with Gasteiger partial charge in [-0.25, -0.2) is 0 Å². The number of nitrogens with two attached hydrogens (primary N) is 1. The smallest absolute Gasteiger partial charge is 0.0491 e. The highest BCUT2D eigenvalue weighted by molar-refractivity contribution is 5.83. The van der Waals surface area contributed by atoms with Crippen molar-refractivity contribution in [2.45, 2.75) is 18.9 Å². The van der Waals surface area contributed by atoms with Crippen molar-refractivity contribution < 1.29 is 0 Å². The van der Waals surface area contributed by atoms with Crippen LogP contribution in [0, 0.1) is 0 Å². The van der Waals surface area contributed by atoms with E-state index in [0.29, 0.717) is 12.6 Å². The number of H-pyrrole nitrogens is 1.